The Morgan fingerprint density at radius 3 is 2.73 bits per heavy atom. The number of benzene rings is 1. The van der Waals surface area contributed by atoms with Crippen LogP contribution < -0.4 is 10.1 Å². The standard InChI is InChI=1S/C13H17F3N2O3S/c1-17-10-4-3-7-18(9-10)22(19,20)12-6-2-5-11(8-12)21-13(14,15)16/h2,5-6,8,10,17H,3-4,7,9H2,1H3/t10-/m1/s1. The van der Waals surface area contributed by atoms with Crippen molar-refractivity contribution in [2.45, 2.75) is 30.1 Å². The topological polar surface area (TPSA) is 58.6 Å². The zero-order chi connectivity index (χ0) is 16.4. The van der Waals surface area contributed by atoms with Crippen LogP contribution in [0.5, 0.6) is 5.75 Å². The van der Waals surface area contributed by atoms with Gasteiger partial charge < -0.3 is 10.1 Å². The van der Waals surface area contributed by atoms with Crippen molar-refractivity contribution in [3.8, 4) is 5.75 Å². The summed E-state index contributed by atoms with van der Waals surface area (Å²) in [6.07, 6.45) is -3.30. The van der Waals surface area contributed by atoms with Gasteiger partial charge in [0, 0.05) is 25.2 Å². The molecule has 1 heterocycles. The van der Waals surface area contributed by atoms with Crippen molar-refractivity contribution < 1.29 is 26.3 Å². The van der Waals surface area contributed by atoms with Gasteiger partial charge in [-0.2, -0.15) is 4.31 Å². The number of hydrogen-bond acceptors (Lipinski definition) is 4. The highest BCUT2D eigenvalue weighted by molar-refractivity contribution is 7.89. The lowest BCUT2D eigenvalue weighted by Crippen LogP contribution is -2.46. The van der Waals surface area contributed by atoms with Crippen molar-refractivity contribution in [1.82, 2.24) is 9.62 Å². The Morgan fingerprint density at radius 2 is 2.09 bits per heavy atom. The summed E-state index contributed by atoms with van der Waals surface area (Å²) in [5.41, 5.74) is 0. The lowest BCUT2D eigenvalue weighted by Gasteiger charge is -2.31. The smallest absolute Gasteiger partial charge is 0.406 e. The summed E-state index contributed by atoms with van der Waals surface area (Å²) >= 11 is 0. The van der Waals surface area contributed by atoms with Gasteiger partial charge in [-0.1, -0.05) is 6.07 Å². The fraction of sp³-hybridized carbons (Fsp3) is 0.538. The molecule has 0 amide bonds. The number of sulfonamides is 1. The third-order valence-corrected chi connectivity index (χ3v) is 5.33. The summed E-state index contributed by atoms with van der Waals surface area (Å²) in [6.45, 7) is 0.647. The van der Waals surface area contributed by atoms with Crippen LogP contribution >= 0.6 is 0 Å². The largest absolute Gasteiger partial charge is 0.573 e. The van der Waals surface area contributed by atoms with E-state index in [1.54, 1.807) is 7.05 Å². The molecule has 1 aromatic carbocycles. The molecule has 1 atom stereocenters. The maximum atomic E-state index is 12.5. The molecular weight excluding hydrogens is 321 g/mol. The summed E-state index contributed by atoms with van der Waals surface area (Å²) in [5, 5.41) is 3.02. The van der Waals surface area contributed by atoms with Gasteiger partial charge >= 0.3 is 6.36 Å². The molecular formula is C13H17F3N2O3S. The first-order valence-corrected chi connectivity index (χ1v) is 8.19. The lowest BCUT2D eigenvalue weighted by atomic mass is 10.1. The summed E-state index contributed by atoms with van der Waals surface area (Å²) in [7, 11) is -2.09. The molecule has 9 heteroatoms. The second-order valence-electron chi connectivity index (χ2n) is 5.01. The van der Waals surface area contributed by atoms with E-state index in [-0.39, 0.29) is 10.9 Å². The Hall–Kier alpha value is -1.32. The van der Waals surface area contributed by atoms with E-state index in [0.29, 0.717) is 19.5 Å². The Labute approximate surface area is 127 Å². The Balaban J connectivity index is 2.24. The van der Waals surface area contributed by atoms with Crippen LogP contribution in [0.4, 0.5) is 13.2 Å². The van der Waals surface area contributed by atoms with Crippen molar-refractivity contribution in [2.24, 2.45) is 0 Å². The van der Waals surface area contributed by atoms with Gasteiger partial charge in [0.25, 0.3) is 0 Å². The molecule has 0 unspecified atom stereocenters. The van der Waals surface area contributed by atoms with Crippen LogP contribution in [0, 0.1) is 0 Å². The highest BCUT2D eigenvalue weighted by Gasteiger charge is 2.33. The fourth-order valence-corrected chi connectivity index (χ4v) is 3.94. The van der Waals surface area contributed by atoms with E-state index in [1.807, 2.05) is 0 Å². The van der Waals surface area contributed by atoms with Gasteiger partial charge in [0.15, 0.2) is 0 Å². The number of halogens is 3. The quantitative estimate of drug-likeness (QED) is 0.912. The Bertz CT molecular complexity index is 619. The molecule has 1 aliphatic heterocycles. The highest BCUT2D eigenvalue weighted by atomic mass is 32.2. The minimum Gasteiger partial charge on any atom is -0.406 e. The molecule has 0 spiro atoms. The van der Waals surface area contributed by atoms with E-state index < -0.39 is 22.1 Å². The fourth-order valence-electron chi connectivity index (χ4n) is 2.38. The molecule has 0 radical (unpaired) electrons. The van der Waals surface area contributed by atoms with E-state index in [9.17, 15) is 21.6 Å². The van der Waals surface area contributed by atoms with Crippen LogP contribution in [-0.2, 0) is 10.0 Å². The molecule has 5 nitrogen and oxygen atoms in total. The summed E-state index contributed by atoms with van der Waals surface area (Å²) in [4.78, 5) is -0.203. The number of likely N-dealkylation sites (N-methyl/N-ethyl adjacent to an activating group) is 1. The van der Waals surface area contributed by atoms with Crippen molar-refractivity contribution >= 4 is 10.0 Å². The monoisotopic (exact) mass is 338 g/mol. The molecule has 1 fully saturated rings. The van der Waals surface area contributed by atoms with Gasteiger partial charge in [0.1, 0.15) is 5.75 Å². The van der Waals surface area contributed by atoms with Crippen LogP contribution in [0.15, 0.2) is 29.2 Å². The molecule has 0 saturated carbocycles. The molecule has 0 bridgehead atoms. The van der Waals surface area contributed by atoms with Crippen LogP contribution in [-0.4, -0.2) is 45.3 Å². The second-order valence-corrected chi connectivity index (χ2v) is 6.95. The normalized spacial score (nSPS) is 20.8. The number of alkyl halides is 3. The highest BCUT2D eigenvalue weighted by Crippen LogP contribution is 2.27. The van der Waals surface area contributed by atoms with E-state index >= 15 is 0 Å². The predicted octanol–water partition coefficient (Wildman–Crippen LogP) is 1.96. The number of piperidine rings is 1. The molecule has 2 rings (SSSR count). The molecule has 0 aromatic heterocycles. The van der Waals surface area contributed by atoms with Gasteiger partial charge in [0.2, 0.25) is 10.0 Å². The summed E-state index contributed by atoms with van der Waals surface area (Å²) < 4.78 is 66.8. The first kappa shape index (κ1) is 17.0. The van der Waals surface area contributed by atoms with E-state index in [0.717, 1.165) is 18.6 Å². The molecule has 1 N–H and O–H groups in total. The predicted molar refractivity (Wildman–Crippen MR) is 74.0 cm³/mol. The van der Waals surface area contributed by atoms with Gasteiger partial charge in [-0.15, -0.1) is 13.2 Å². The van der Waals surface area contributed by atoms with Gasteiger partial charge in [-0.05, 0) is 32.0 Å². The van der Waals surface area contributed by atoms with E-state index in [1.165, 1.54) is 16.4 Å². The third kappa shape index (κ3) is 4.11. The Morgan fingerprint density at radius 1 is 1.36 bits per heavy atom. The van der Waals surface area contributed by atoms with Gasteiger partial charge in [-0.3, -0.25) is 0 Å². The summed E-state index contributed by atoms with van der Waals surface area (Å²) in [6, 6.07) is 4.50. The average molecular weight is 338 g/mol. The molecule has 124 valence electrons. The minimum atomic E-state index is -4.86. The van der Waals surface area contributed by atoms with Gasteiger partial charge in [0.05, 0.1) is 4.90 Å². The zero-order valence-corrected chi connectivity index (χ0v) is 12.7. The van der Waals surface area contributed by atoms with Crippen molar-refractivity contribution in [3.63, 3.8) is 0 Å². The van der Waals surface area contributed by atoms with Crippen molar-refractivity contribution in [3.05, 3.63) is 24.3 Å². The van der Waals surface area contributed by atoms with Crippen LogP contribution in [0.1, 0.15) is 12.8 Å². The zero-order valence-electron chi connectivity index (χ0n) is 11.9. The van der Waals surface area contributed by atoms with E-state index in [2.05, 4.69) is 10.1 Å². The van der Waals surface area contributed by atoms with E-state index in [4.69, 9.17) is 0 Å². The molecule has 1 aromatic rings. The third-order valence-electron chi connectivity index (χ3n) is 3.47. The number of ether oxygens (including phenoxy) is 1. The Kier molecular flexibility index (Phi) is 4.98. The summed E-state index contributed by atoms with van der Waals surface area (Å²) in [5.74, 6) is -0.546. The maximum absolute atomic E-state index is 12.5. The minimum absolute atomic E-state index is 0.0399. The molecule has 0 aliphatic carbocycles. The average Bonchev–Trinajstić information content (AvgIpc) is 2.46. The van der Waals surface area contributed by atoms with Crippen LogP contribution in [0.3, 0.4) is 0 Å². The first-order valence-electron chi connectivity index (χ1n) is 6.75. The lowest BCUT2D eigenvalue weighted by molar-refractivity contribution is -0.274. The number of rotatable bonds is 4. The molecule has 22 heavy (non-hydrogen) atoms. The molecule has 1 saturated heterocycles. The maximum Gasteiger partial charge on any atom is 0.573 e. The van der Waals surface area contributed by atoms with Gasteiger partial charge in [-0.25, -0.2) is 8.42 Å². The number of hydrogen-bond donors (Lipinski definition) is 1. The van der Waals surface area contributed by atoms with Crippen molar-refractivity contribution in [1.29, 1.82) is 0 Å². The van der Waals surface area contributed by atoms with Crippen LogP contribution in [0.25, 0.3) is 0 Å². The first-order chi connectivity index (χ1) is 10.2. The number of nitrogens with one attached hydrogen (secondary N) is 1. The number of nitrogens with zero attached hydrogens (tertiary/aromatic N) is 1. The SMILES string of the molecule is CN[C@@H]1CCCN(S(=O)(=O)c2cccc(OC(F)(F)F)c2)C1. The molecule has 1 aliphatic rings. The van der Waals surface area contributed by atoms with Crippen molar-refractivity contribution in [2.75, 3.05) is 20.1 Å². The van der Waals surface area contributed by atoms with Crippen LogP contribution in [0.2, 0.25) is 0 Å². The second kappa shape index (κ2) is 6.43.